The molecule has 0 spiro atoms. The lowest BCUT2D eigenvalue weighted by molar-refractivity contribution is 0.294. The van der Waals surface area contributed by atoms with Gasteiger partial charge in [0, 0.05) is 24.9 Å². The molecule has 4 aliphatic rings. The third-order valence-corrected chi connectivity index (χ3v) is 14.0. The van der Waals surface area contributed by atoms with Crippen molar-refractivity contribution in [1.29, 1.82) is 0 Å². The zero-order valence-electron chi connectivity index (χ0n) is 25.4. The van der Waals surface area contributed by atoms with Crippen LogP contribution in [0.15, 0.2) is 22.0 Å². The first kappa shape index (κ1) is 35.2. The molecule has 0 aromatic carbocycles. The first-order valence-electron chi connectivity index (χ1n) is 15.2. The summed E-state index contributed by atoms with van der Waals surface area (Å²) < 4.78 is 0. The van der Waals surface area contributed by atoms with Crippen molar-refractivity contribution in [2.45, 2.75) is 91.9 Å². The molecule has 2 saturated heterocycles. The van der Waals surface area contributed by atoms with Crippen molar-refractivity contribution in [2.75, 3.05) is 24.6 Å². The fraction of sp³-hybridized carbons (Fsp3) is 0.688. The Morgan fingerprint density at radius 1 is 0.667 bits per heavy atom. The molecule has 0 N–H and O–H groups in total. The van der Waals surface area contributed by atoms with E-state index in [2.05, 4.69) is 49.6 Å². The van der Waals surface area contributed by atoms with Crippen LogP contribution in [0.3, 0.4) is 0 Å². The maximum atomic E-state index is 5.84. The smallest absolute Gasteiger partial charge is 0.107 e. The van der Waals surface area contributed by atoms with Crippen LogP contribution in [-0.2, 0) is 0 Å². The van der Waals surface area contributed by atoms with Crippen molar-refractivity contribution >= 4 is 127 Å². The Kier molecular flexibility index (Phi) is 12.8. The average molecular weight is 713 g/mol. The van der Waals surface area contributed by atoms with E-state index in [1.807, 2.05) is 23.5 Å². The molecule has 0 aliphatic carbocycles. The van der Waals surface area contributed by atoms with Crippen molar-refractivity contribution < 1.29 is 0 Å². The van der Waals surface area contributed by atoms with Gasteiger partial charge >= 0.3 is 0 Å². The molecule has 2 atom stereocenters. The van der Waals surface area contributed by atoms with E-state index < -0.39 is 0 Å². The zero-order chi connectivity index (χ0) is 30.7. The zero-order valence-corrected chi connectivity index (χ0v) is 31.9. The lowest BCUT2D eigenvalue weighted by Crippen LogP contribution is -2.42. The Hall–Kier alpha value is 0.320. The van der Waals surface area contributed by atoms with Crippen molar-refractivity contribution in [2.24, 2.45) is 22.7 Å². The van der Waals surface area contributed by atoms with Crippen LogP contribution in [0.5, 0.6) is 0 Å². The summed E-state index contributed by atoms with van der Waals surface area (Å²) in [5, 5.41) is 0. The second-order valence-corrected chi connectivity index (χ2v) is 18.7. The van der Waals surface area contributed by atoms with E-state index >= 15 is 0 Å². The third-order valence-electron chi connectivity index (χ3n) is 9.10. The maximum Gasteiger partial charge on any atom is 0.107 e. The number of hydrogen-bond donors (Lipinski definition) is 0. The molecule has 4 rings (SSSR count). The third kappa shape index (κ3) is 9.43. The van der Waals surface area contributed by atoms with E-state index in [1.54, 1.807) is 0 Å². The van der Waals surface area contributed by atoms with Crippen LogP contribution in [0, 0.1) is 22.7 Å². The number of thiocarbonyl (C=S) groups is 6. The van der Waals surface area contributed by atoms with Crippen LogP contribution >= 0.6 is 96.8 Å². The molecular formula is C32H44N2S8. The summed E-state index contributed by atoms with van der Waals surface area (Å²) in [7, 11) is 0. The summed E-state index contributed by atoms with van der Waals surface area (Å²) in [5.74, 6) is 3.12. The first-order valence-corrected chi connectivity index (χ1v) is 19.6. The van der Waals surface area contributed by atoms with Crippen LogP contribution in [0.4, 0.5) is 0 Å². The summed E-state index contributed by atoms with van der Waals surface area (Å²) in [5.41, 5.74) is 0.363. The molecule has 4 aliphatic heterocycles. The number of nitrogens with zero attached hydrogens (tertiary/aromatic N) is 2. The minimum absolute atomic E-state index is 0.182. The number of thioether (sulfide) groups is 2. The molecule has 2 fully saturated rings. The Labute approximate surface area is 295 Å². The highest BCUT2D eigenvalue weighted by Gasteiger charge is 2.36. The lowest BCUT2D eigenvalue weighted by atomic mass is 9.82. The topological polar surface area (TPSA) is 6.48 Å². The van der Waals surface area contributed by atoms with Gasteiger partial charge in [-0.2, -0.15) is 0 Å². The Bertz CT molecular complexity index is 1100. The number of hydrogen-bond acceptors (Lipinski definition) is 8. The standard InChI is InChI=1S/C32H44N2S8/c1-31(2,13-15-33-27(37)19-25-23(29(33)39)9-17-41-25)11-7-21(35)5-6-22(36)8-12-32(3,4)14-16-34-28(38)20-26-24(30(34)40)10-18-42-26/h19-20,23-24H,5-18H2,1-4H3. The van der Waals surface area contributed by atoms with Gasteiger partial charge in [0.1, 0.15) is 9.98 Å². The molecule has 10 heteroatoms. The van der Waals surface area contributed by atoms with E-state index in [9.17, 15) is 0 Å². The summed E-state index contributed by atoms with van der Waals surface area (Å²) in [4.78, 5) is 13.3. The van der Waals surface area contributed by atoms with Crippen molar-refractivity contribution in [1.82, 2.24) is 9.80 Å². The summed E-state index contributed by atoms with van der Waals surface area (Å²) in [6.07, 6.45) is 14.7. The molecule has 0 bridgehead atoms. The monoisotopic (exact) mass is 712 g/mol. The van der Waals surface area contributed by atoms with Crippen molar-refractivity contribution in [3.8, 4) is 0 Å². The molecule has 4 heterocycles. The molecule has 0 radical (unpaired) electrons. The van der Waals surface area contributed by atoms with Crippen LogP contribution in [-0.4, -0.2) is 64.1 Å². The fourth-order valence-corrected chi connectivity index (χ4v) is 10.6. The van der Waals surface area contributed by atoms with E-state index in [1.165, 1.54) is 9.81 Å². The van der Waals surface area contributed by atoms with Gasteiger partial charge in [-0.25, -0.2) is 0 Å². The number of fused-ring (bicyclic) bond motifs is 2. The predicted octanol–water partition coefficient (Wildman–Crippen LogP) is 10.1. The molecule has 0 saturated carbocycles. The van der Waals surface area contributed by atoms with Crippen LogP contribution < -0.4 is 0 Å². The highest BCUT2D eigenvalue weighted by atomic mass is 32.2. The molecule has 42 heavy (non-hydrogen) atoms. The molecular weight excluding hydrogens is 669 g/mol. The minimum Gasteiger partial charge on any atom is -0.327 e. The Morgan fingerprint density at radius 2 is 1.05 bits per heavy atom. The second-order valence-electron chi connectivity index (χ2n) is 13.5. The van der Waals surface area contributed by atoms with Crippen LogP contribution in [0.1, 0.15) is 91.9 Å². The minimum atomic E-state index is 0.182. The normalized spacial score (nSPS) is 22.8. The van der Waals surface area contributed by atoms with Gasteiger partial charge in [-0.1, -0.05) is 101 Å². The molecule has 2 nitrogen and oxygen atoms in total. The van der Waals surface area contributed by atoms with Crippen LogP contribution in [0.25, 0.3) is 0 Å². The van der Waals surface area contributed by atoms with Gasteiger partial charge in [-0.15, -0.1) is 23.5 Å². The van der Waals surface area contributed by atoms with Gasteiger partial charge in [0.15, 0.2) is 0 Å². The molecule has 230 valence electrons. The molecule has 0 amide bonds. The van der Waals surface area contributed by atoms with Crippen molar-refractivity contribution in [3.05, 3.63) is 22.0 Å². The highest BCUT2D eigenvalue weighted by Crippen LogP contribution is 2.42. The van der Waals surface area contributed by atoms with E-state index in [-0.39, 0.29) is 10.8 Å². The van der Waals surface area contributed by atoms with Gasteiger partial charge in [0.05, 0.1) is 9.98 Å². The molecule has 0 aromatic rings. The van der Waals surface area contributed by atoms with E-state index in [0.717, 1.165) is 118 Å². The molecule has 0 aromatic heterocycles. The SMILES string of the molecule is CC(C)(CCC(=S)CCC(=S)CCC(C)(C)CCN1C(=S)C=C2SCCC2C1=S)CCN1C(=S)C=C2SCCC2C1=S. The van der Waals surface area contributed by atoms with E-state index in [0.29, 0.717) is 11.8 Å². The summed E-state index contributed by atoms with van der Waals surface area (Å²) >= 11 is 38.5. The summed E-state index contributed by atoms with van der Waals surface area (Å²) in [6.45, 7) is 11.2. The van der Waals surface area contributed by atoms with Gasteiger partial charge in [0.2, 0.25) is 0 Å². The number of rotatable bonds is 15. The largest absolute Gasteiger partial charge is 0.327 e. The van der Waals surface area contributed by atoms with Gasteiger partial charge in [-0.05, 0) is 118 Å². The van der Waals surface area contributed by atoms with Gasteiger partial charge in [-0.3, -0.25) is 0 Å². The van der Waals surface area contributed by atoms with Gasteiger partial charge < -0.3 is 9.80 Å². The quantitative estimate of drug-likeness (QED) is 0.151. The van der Waals surface area contributed by atoms with Crippen molar-refractivity contribution in [3.63, 3.8) is 0 Å². The molecule has 2 unspecified atom stereocenters. The van der Waals surface area contributed by atoms with Gasteiger partial charge in [0.25, 0.3) is 0 Å². The fourth-order valence-electron chi connectivity index (χ4n) is 5.85. The van der Waals surface area contributed by atoms with Crippen LogP contribution in [0.2, 0.25) is 0 Å². The lowest BCUT2D eigenvalue weighted by Gasteiger charge is -2.35. The average Bonchev–Trinajstić information content (AvgIpc) is 3.59. The Balaban J connectivity index is 1.12. The second kappa shape index (κ2) is 15.3. The Morgan fingerprint density at radius 3 is 1.43 bits per heavy atom. The maximum absolute atomic E-state index is 5.84. The predicted molar refractivity (Wildman–Crippen MR) is 211 cm³/mol. The summed E-state index contributed by atoms with van der Waals surface area (Å²) in [6, 6.07) is 0. The van der Waals surface area contributed by atoms with E-state index in [4.69, 9.17) is 73.3 Å². The first-order chi connectivity index (χ1) is 19.8. The highest BCUT2D eigenvalue weighted by molar-refractivity contribution is 8.03.